The summed E-state index contributed by atoms with van der Waals surface area (Å²) in [6.07, 6.45) is 1.63. The van der Waals surface area contributed by atoms with Crippen LogP contribution in [0.4, 0.5) is 0 Å². The van der Waals surface area contributed by atoms with E-state index >= 15 is 0 Å². The van der Waals surface area contributed by atoms with Crippen LogP contribution < -0.4 is 5.32 Å². The number of nitrogens with one attached hydrogen (secondary N) is 1. The average molecular weight is 241 g/mol. The molecule has 0 aromatic carbocycles. The van der Waals surface area contributed by atoms with Gasteiger partial charge in [0.05, 0.1) is 13.2 Å². The lowest BCUT2D eigenvalue weighted by atomic mass is 10.1. The first-order chi connectivity index (χ1) is 8.17. The highest BCUT2D eigenvalue weighted by molar-refractivity contribution is 5.75. The lowest BCUT2D eigenvalue weighted by Gasteiger charge is -2.14. The molecule has 0 aliphatic rings. The van der Waals surface area contributed by atoms with Gasteiger partial charge in [0.25, 0.3) is 0 Å². The number of aryl methyl sites for hydroxylation is 1. The summed E-state index contributed by atoms with van der Waals surface area (Å²) < 4.78 is 9.94. The van der Waals surface area contributed by atoms with Gasteiger partial charge in [-0.3, -0.25) is 10.1 Å². The number of nitrogens with zero attached hydrogens (tertiary/aromatic N) is 2. The van der Waals surface area contributed by atoms with E-state index in [9.17, 15) is 4.79 Å². The third-order valence-electron chi connectivity index (χ3n) is 2.22. The SMILES string of the molecule is CCCC(NCc1nc(C)no1)C(=O)OCC. The Morgan fingerprint density at radius 2 is 2.29 bits per heavy atom. The largest absolute Gasteiger partial charge is 0.465 e. The second-order valence-electron chi connectivity index (χ2n) is 3.71. The number of esters is 1. The highest BCUT2D eigenvalue weighted by Gasteiger charge is 2.18. The van der Waals surface area contributed by atoms with Gasteiger partial charge in [0.1, 0.15) is 6.04 Å². The molecule has 0 amide bonds. The fourth-order valence-electron chi connectivity index (χ4n) is 1.46. The van der Waals surface area contributed by atoms with E-state index in [1.807, 2.05) is 6.92 Å². The van der Waals surface area contributed by atoms with Crippen LogP contribution in [0.15, 0.2) is 4.52 Å². The summed E-state index contributed by atoms with van der Waals surface area (Å²) in [7, 11) is 0. The van der Waals surface area contributed by atoms with Crippen molar-refractivity contribution in [3.05, 3.63) is 11.7 Å². The summed E-state index contributed by atoms with van der Waals surface area (Å²) in [6, 6.07) is -0.313. The standard InChI is InChI=1S/C11H19N3O3/c1-4-6-9(11(15)16-5-2)12-7-10-13-8(3)14-17-10/h9,12H,4-7H2,1-3H3. The molecule has 6 nitrogen and oxygen atoms in total. The minimum Gasteiger partial charge on any atom is -0.465 e. The fraction of sp³-hybridized carbons (Fsp3) is 0.727. The smallest absolute Gasteiger partial charge is 0.323 e. The van der Waals surface area contributed by atoms with Crippen LogP contribution in [-0.2, 0) is 16.1 Å². The number of hydrogen-bond donors (Lipinski definition) is 1. The van der Waals surface area contributed by atoms with Crippen LogP contribution in [0.2, 0.25) is 0 Å². The first kappa shape index (κ1) is 13.6. The minimum atomic E-state index is -0.313. The molecule has 0 saturated carbocycles. The van der Waals surface area contributed by atoms with E-state index in [0.29, 0.717) is 24.9 Å². The third kappa shape index (κ3) is 4.52. The van der Waals surface area contributed by atoms with Crippen molar-refractivity contribution in [2.24, 2.45) is 0 Å². The number of rotatable bonds is 7. The van der Waals surface area contributed by atoms with Crippen molar-refractivity contribution in [3.8, 4) is 0 Å². The summed E-state index contributed by atoms with van der Waals surface area (Å²) >= 11 is 0. The van der Waals surface area contributed by atoms with Gasteiger partial charge < -0.3 is 9.26 Å². The van der Waals surface area contributed by atoms with Crippen molar-refractivity contribution in [1.29, 1.82) is 0 Å². The molecule has 0 aliphatic heterocycles. The van der Waals surface area contributed by atoms with Crippen molar-refractivity contribution in [2.75, 3.05) is 6.61 Å². The molecule has 0 radical (unpaired) electrons. The lowest BCUT2D eigenvalue weighted by Crippen LogP contribution is -2.37. The van der Waals surface area contributed by atoms with Crippen molar-refractivity contribution in [2.45, 2.75) is 46.2 Å². The molecule has 96 valence electrons. The summed E-state index contributed by atoms with van der Waals surface area (Å²) in [6.45, 7) is 6.33. The van der Waals surface area contributed by atoms with Gasteiger partial charge in [-0.15, -0.1) is 0 Å². The van der Waals surface area contributed by atoms with E-state index in [4.69, 9.17) is 9.26 Å². The molecule has 6 heteroatoms. The predicted molar refractivity (Wildman–Crippen MR) is 61.2 cm³/mol. The van der Waals surface area contributed by atoms with Crippen LogP contribution in [0.5, 0.6) is 0 Å². The normalized spacial score (nSPS) is 12.4. The van der Waals surface area contributed by atoms with Gasteiger partial charge >= 0.3 is 5.97 Å². The minimum absolute atomic E-state index is 0.231. The summed E-state index contributed by atoms with van der Waals surface area (Å²) in [4.78, 5) is 15.7. The first-order valence-electron chi connectivity index (χ1n) is 5.86. The Hall–Kier alpha value is -1.43. The van der Waals surface area contributed by atoms with Crippen molar-refractivity contribution in [1.82, 2.24) is 15.5 Å². The molecule has 1 atom stereocenters. The molecular formula is C11H19N3O3. The zero-order valence-corrected chi connectivity index (χ0v) is 10.5. The number of aromatic nitrogens is 2. The average Bonchev–Trinajstić information content (AvgIpc) is 2.70. The van der Waals surface area contributed by atoms with E-state index in [0.717, 1.165) is 12.8 Å². The summed E-state index contributed by atoms with van der Waals surface area (Å²) in [5, 5.41) is 6.74. The monoisotopic (exact) mass is 241 g/mol. The van der Waals surface area contributed by atoms with Gasteiger partial charge in [-0.05, 0) is 20.3 Å². The first-order valence-corrected chi connectivity index (χ1v) is 5.86. The fourth-order valence-corrected chi connectivity index (χ4v) is 1.46. The van der Waals surface area contributed by atoms with E-state index in [-0.39, 0.29) is 12.0 Å². The Morgan fingerprint density at radius 3 is 2.82 bits per heavy atom. The second kappa shape index (κ2) is 7.01. The van der Waals surface area contributed by atoms with Crippen molar-refractivity contribution >= 4 is 5.97 Å². The van der Waals surface area contributed by atoms with Crippen molar-refractivity contribution in [3.63, 3.8) is 0 Å². The van der Waals surface area contributed by atoms with E-state index in [1.165, 1.54) is 0 Å². The lowest BCUT2D eigenvalue weighted by molar-refractivity contribution is -0.145. The number of carbonyl (C=O) groups excluding carboxylic acids is 1. The Labute approximate surface area is 101 Å². The molecule has 1 heterocycles. The Morgan fingerprint density at radius 1 is 1.53 bits per heavy atom. The van der Waals surface area contributed by atoms with E-state index in [1.54, 1.807) is 13.8 Å². The van der Waals surface area contributed by atoms with Gasteiger partial charge in [-0.2, -0.15) is 4.98 Å². The molecule has 0 aliphatic carbocycles. The van der Waals surface area contributed by atoms with Gasteiger partial charge in [-0.1, -0.05) is 18.5 Å². The highest BCUT2D eigenvalue weighted by Crippen LogP contribution is 2.02. The number of ether oxygens (including phenoxy) is 1. The third-order valence-corrected chi connectivity index (χ3v) is 2.22. The molecule has 17 heavy (non-hydrogen) atoms. The quantitative estimate of drug-likeness (QED) is 0.723. The predicted octanol–water partition coefficient (Wildman–Crippen LogP) is 1.20. The zero-order chi connectivity index (χ0) is 12.7. The molecule has 1 rings (SSSR count). The molecule has 0 bridgehead atoms. The highest BCUT2D eigenvalue weighted by atomic mass is 16.5. The van der Waals surface area contributed by atoms with Gasteiger partial charge in [0, 0.05) is 0 Å². The zero-order valence-electron chi connectivity index (χ0n) is 10.5. The van der Waals surface area contributed by atoms with Gasteiger partial charge in [-0.25, -0.2) is 0 Å². The molecule has 1 N–H and O–H groups in total. The Bertz CT molecular complexity index is 351. The second-order valence-corrected chi connectivity index (χ2v) is 3.71. The Balaban J connectivity index is 2.46. The van der Waals surface area contributed by atoms with Crippen LogP contribution in [0.1, 0.15) is 38.4 Å². The van der Waals surface area contributed by atoms with Crippen molar-refractivity contribution < 1.29 is 14.1 Å². The van der Waals surface area contributed by atoms with Crippen LogP contribution in [0, 0.1) is 6.92 Å². The molecule has 1 aromatic rings. The summed E-state index contributed by atoms with van der Waals surface area (Å²) in [5.41, 5.74) is 0. The van der Waals surface area contributed by atoms with Crippen LogP contribution >= 0.6 is 0 Å². The van der Waals surface area contributed by atoms with E-state index < -0.39 is 0 Å². The van der Waals surface area contributed by atoms with Gasteiger partial charge in [0.15, 0.2) is 5.82 Å². The molecule has 0 fully saturated rings. The molecule has 1 aromatic heterocycles. The maximum absolute atomic E-state index is 11.6. The molecule has 1 unspecified atom stereocenters. The van der Waals surface area contributed by atoms with Crippen LogP contribution in [0.3, 0.4) is 0 Å². The maximum atomic E-state index is 11.6. The Kier molecular flexibility index (Phi) is 5.62. The van der Waals surface area contributed by atoms with Crippen LogP contribution in [-0.4, -0.2) is 28.8 Å². The van der Waals surface area contributed by atoms with Crippen LogP contribution in [0.25, 0.3) is 0 Å². The van der Waals surface area contributed by atoms with Gasteiger partial charge in [0.2, 0.25) is 5.89 Å². The molecule has 0 saturated heterocycles. The topological polar surface area (TPSA) is 77.3 Å². The molecular weight excluding hydrogens is 222 g/mol. The number of hydrogen-bond acceptors (Lipinski definition) is 6. The van der Waals surface area contributed by atoms with E-state index in [2.05, 4.69) is 15.5 Å². The summed E-state index contributed by atoms with van der Waals surface area (Å²) in [5.74, 6) is 0.837. The number of carbonyl (C=O) groups is 1. The maximum Gasteiger partial charge on any atom is 0.323 e. The molecule has 0 spiro atoms.